The molecule has 0 aliphatic rings. The number of benzene rings is 3. The largest absolute Gasteiger partial charge is 0.490 e. The van der Waals surface area contributed by atoms with Gasteiger partial charge in [0.1, 0.15) is 0 Å². The van der Waals surface area contributed by atoms with Crippen molar-refractivity contribution in [2.24, 2.45) is 5.10 Å². The summed E-state index contributed by atoms with van der Waals surface area (Å²) in [5.74, 6) is -0.0531. The Morgan fingerprint density at radius 2 is 1.86 bits per heavy atom. The highest BCUT2D eigenvalue weighted by atomic mass is 32.1. The minimum Gasteiger partial charge on any atom is -0.490 e. The van der Waals surface area contributed by atoms with Gasteiger partial charge in [-0.1, -0.05) is 29.8 Å². The maximum atomic E-state index is 12.5. The predicted octanol–water partition coefficient (Wildman–Crippen LogP) is 6.09. The van der Waals surface area contributed by atoms with Crippen LogP contribution in [0.3, 0.4) is 0 Å². The maximum absolute atomic E-state index is 12.5. The fourth-order valence-corrected chi connectivity index (χ4v) is 3.85. The summed E-state index contributed by atoms with van der Waals surface area (Å²) in [5, 5.41) is 17.7. The molecule has 0 aliphatic heterocycles. The van der Waals surface area contributed by atoms with E-state index in [4.69, 9.17) is 9.47 Å². The summed E-state index contributed by atoms with van der Waals surface area (Å²) in [5.41, 5.74) is 6.82. The third-order valence-electron chi connectivity index (χ3n) is 5.01. The first kappa shape index (κ1) is 24.6. The Morgan fingerprint density at radius 3 is 2.56 bits per heavy atom. The molecule has 0 unspecified atom stereocenters. The lowest BCUT2D eigenvalue weighted by atomic mass is 10.1. The van der Waals surface area contributed by atoms with Crippen LogP contribution in [0.4, 0.5) is 10.8 Å². The Hall–Kier alpha value is -4.57. The standard InChI is InChI=1S/C26H22N4O5S/c1-3-34-24-14-18(6-13-23(24)35-25(31)20-9-11-21(12-10-20)30(32)33)15-27-29-26-28-22(16-36-26)19-7-4-17(2)5-8-19/h4-16H,3H2,1-2H3,(H,28,29)/b27-15-. The summed E-state index contributed by atoms with van der Waals surface area (Å²) in [7, 11) is 0. The van der Waals surface area contributed by atoms with Crippen molar-refractivity contribution < 1.29 is 19.2 Å². The number of nitro benzene ring substituents is 1. The molecule has 4 rings (SSSR count). The smallest absolute Gasteiger partial charge is 0.343 e. The fraction of sp³-hybridized carbons (Fsp3) is 0.115. The first-order valence-electron chi connectivity index (χ1n) is 11.0. The predicted molar refractivity (Wildman–Crippen MR) is 139 cm³/mol. The van der Waals surface area contributed by atoms with Crippen molar-refractivity contribution in [3.05, 3.63) is 98.9 Å². The van der Waals surface area contributed by atoms with E-state index in [1.165, 1.54) is 41.2 Å². The number of carbonyl (C=O) groups is 1. The molecular weight excluding hydrogens is 480 g/mol. The minimum absolute atomic E-state index is 0.108. The number of anilines is 1. The summed E-state index contributed by atoms with van der Waals surface area (Å²) in [6.07, 6.45) is 1.61. The van der Waals surface area contributed by atoms with E-state index in [9.17, 15) is 14.9 Å². The number of esters is 1. The number of hydrogen-bond acceptors (Lipinski definition) is 9. The normalized spacial score (nSPS) is 10.8. The molecule has 0 atom stereocenters. The monoisotopic (exact) mass is 502 g/mol. The van der Waals surface area contributed by atoms with Crippen molar-refractivity contribution in [2.75, 3.05) is 12.0 Å². The molecule has 36 heavy (non-hydrogen) atoms. The van der Waals surface area contributed by atoms with Crippen LogP contribution in [0.1, 0.15) is 28.4 Å². The van der Waals surface area contributed by atoms with Gasteiger partial charge in [0.25, 0.3) is 5.69 Å². The Labute approximate surface area is 211 Å². The first-order chi connectivity index (χ1) is 17.4. The van der Waals surface area contributed by atoms with Gasteiger partial charge in [0.05, 0.1) is 29.0 Å². The van der Waals surface area contributed by atoms with Crippen LogP contribution in [0.15, 0.2) is 77.2 Å². The third-order valence-corrected chi connectivity index (χ3v) is 5.76. The minimum atomic E-state index is -0.651. The van der Waals surface area contributed by atoms with E-state index in [1.54, 1.807) is 24.4 Å². The number of nitro groups is 1. The summed E-state index contributed by atoms with van der Waals surface area (Å²) < 4.78 is 11.1. The van der Waals surface area contributed by atoms with Crippen LogP contribution in [-0.2, 0) is 0 Å². The molecule has 0 saturated heterocycles. The molecule has 1 N–H and O–H groups in total. The average molecular weight is 503 g/mol. The van der Waals surface area contributed by atoms with Gasteiger partial charge >= 0.3 is 5.97 Å². The number of ether oxygens (including phenoxy) is 2. The van der Waals surface area contributed by atoms with E-state index < -0.39 is 10.9 Å². The van der Waals surface area contributed by atoms with Gasteiger partial charge in [-0.15, -0.1) is 11.3 Å². The number of hydrogen-bond donors (Lipinski definition) is 1. The molecule has 9 nitrogen and oxygen atoms in total. The highest BCUT2D eigenvalue weighted by molar-refractivity contribution is 7.14. The maximum Gasteiger partial charge on any atom is 0.343 e. The lowest BCUT2D eigenvalue weighted by molar-refractivity contribution is -0.384. The van der Waals surface area contributed by atoms with Gasteiger partial charge in [0.15, 0.2) is 11.5 Å². The molecule has 10 heteroatoms. The molecule has 0 saturated carbocycles. The van der Waals surface area contributed by atoms with E-state index in [0.29, 0.717) is 17.5 Å². The van der Waals surface area contributed by atoms with Crippen molar-refractivity contribution >= 4 is 34.3 Å². The van der Waals surface area contributed by atoms with Crippen molar-refractivity contribution in [3.8, 4) is 22.8 Å². The fourth-order valence-electron chi connectivity index (χ4n) is 3.18. The van der Waals surface area contributed by atoms with Crippen molar-refractivity contribution in [3.63, 3.8) is 0 Å². The summed E-state index contributed by atoms with van der Waals surface area (Å²) in [6, 6.07) is 18.4. The van der Waals surface area contributed by atoms with E-state index in [-0.39, 0.29) is 17.0 Å². The number of aromatic nitrogens is 1. The average Bonchev–Trinajstić information content (AvgIpc) is 3.35. The number of aryl methyl sites for hydroxylation is 1. The van der Waals surface area contributed by atoms with E-state index >= 15 is 0 Å². The second-order valence-electron chi connectivity index (χ2n) is 7.61. The molecule has 3 aromatic carbocycles. The van der Waals surface area contributed by atoms with Crippen LogP contribution >= 0.6 is 11.3 Å². The Bertz CT molecular complexity index is 1400. The number of non-ortho nitro benzene ring substituents is 1. The van der Waals surface area contributed by atoms with Gasteiger partial charge in [-0.2, -0.15) is 5.10 Å². The molecule has 1 heterocycles. The summed E-state index contributed by atoms with van der Waals surface area (Å²) in [4.78, 5) is 27.3. The van der Waals surface area contributed by atoms with Crippen molar-refractivity contribution in [1.82, 2.24) is 4.98 Å². The van der Waals surface area contributed by atoms with E-state index in [1.807, 2.05) is 43.5 Å². The van der Waals surface area contributed by atoms with E-state index in [2.05, 4.69) is 15.5 Å². The molecule has 0 aliphatic carbocycles. The second kappa shape index (κ2) is 11.2. The Balaban J connectivity index is 1.42. The molecule has 0 radical (unpaired) electrons. The summed E-state index contributed by atoms with van der Waals surface area (Å²) >= 11 is 1.45. The lowest BCUT2D eigenvalue weighted by Crippen LogP contribution is -2.10. The molecular formula is C26H22N4O5S. The lowest BCUT2D eigenvalue weighted by Gasteiger charge is -2.11. The number of rotatable bonds is 9. The number of thiazole rings is 1. The molecule has 0 fully saturated rings. The topological polar surface area (TPSA) is 116 Å². The highest BCUT2D eigenvalue weighted by Crippen LogP contribution is 2.29. The van der Waals surface area contributed by atoms with Crippen molar-refractivity contribution in [1.29, 1.82) is 0 Å². The van der Waals surface area contributed by atoms with Gasteiger partial charge in [-0.25, -0.2) is 9.78 Å². The molecule has 0 bridgehead atoms. The molecule has 1 aromatic heterocycles. The molecule has 182 valence electrons. The third kappa shape index (κ3) is 6.10. The SMILES string of the molecule is CCOc1cc(/C=N\Nc2nc(-c3ccc(C)cc3)cs2)ccc1OC(=O)c1ccc([N+](=O)[O-])cc1. The van der Waals surface area contributed by atoms with Gasteiger partial charge in [-0.05, 0) is 49.7 Å². The Kier molecular flexibility index (Phi) is 7.66. The van der Waals surface area contributed by atoms with Crippen LogP contribution in [0.25, 0.3) is 11.3 Å². The first-order valence-corrected chi connectivity index (χ1v) is 11.9. The van der Waals surface area contributed by atoms with Crippen LogP contribution in [0, 0.1) is 17.0 Å². The zero-order chi connectivity index (χ0) is 25.5. The van der Waals surface area contributed by atoms with Gasteiger partial charge in [0.2, 0.25) is 5.13 Å². The van der Waals surface area contributed by atoms with Gasteiger partial charge < -0.3 is 9.47 Å². The van der Waals surface area contributed by atoms with Gasteiger partial charge in [0, 0.05) is 23.1 Å². The second-order valence-corrected chi connectivity index (χ2v) is 8.46. The zero-order valence-corrected chi connectivity index (χ0v) is 20.3. The van der Waals surface area contributed by atoms with Crippen LogP contribution < -0.4 is 14.9 Å². The van der Waals surface area contributed by atoms with E-state index in [0.717, 1.165) is 16.8 Å². The van der Waals surface area contributed by atoms with Crippen LogP contribution in [-0.4, -0.2) is 28.7 Å². The Morgan fingerprint density at radius 1 is 1.11 bits per heavy atom. The van der Waals surface area contributed by atoms with Crippen molar-refractivity contribution in [2.45, 2.75) is 13.8 Å². The number of nitrogens with one attached hydrogen (secondary N) is 1. The quantitative estimate of drug-likeness (QED) is 0.0968. The molecule has 0 amide bonds. The summed E-state index contributed by atoms with van der Waals surface area (Å²) in [6.45, 7) is 4.22. The van der Waals surface area contributed by atoms with Gasteiger partial charge in [-0.3, -0.25) is 15.5 Å². The molecule has 4 aromatic rings. The van der Waals surface area contributed by atoms with Crippen LogP contribution in [0.2, 0.25) is 0 Å². The molecule has 0 spiro atoms. The number of hydrazone groups is 1. The zero-order valence-electron chi connectivity index (χ0n) is 19.5. The highest BCUT2D eigenvalue weighted by Gasteiger charge is 2.15. The number of nitrogens with zero attached hydrogens (tertiary/aromatic N) is 3. The number of carbonyl (C=O) groups excluding carboxylic acids is 1. The van der Waals surface area contributed by atoms with Crippen LogP contribution in [0.5, 0.6) is 11.5 Å².